The lowest BCUT2D eigenvalue weighted by Crippen LogP contribution is -2.63. The SMILES string of the molecule is COC(=O)CCc1ccc(O[C@@H]2OC(COC(C)=O)[C@H](OC(C)=O)C(OC(C)=O)C2OC(C)=O)cc1. The van der Waals surface area contributed by atoms with Crippen LogP contribution in [0.2, 0.25) is 0 Å². The molecule has 1 fully saturated rings. The maximum atomic E-state index is 11.9. The van der Waals surface area contributed by atoms with E-state index in [1.54, 1.807) is 24.3 Å². The van der Waals surface area contributed by atoms with Crippen LogP contribution in [0.15, 0.2) is 24.3 Å². The molecular formula is C24H30O12. The summed E-state index contributed by atoms with van der Waals surface area (Å²) >= 11 is 0. The van der Waals surface area contributed by atoms with Gasteiger partial charge in [-0.25, -0.2) is 0 Å². The van der Waals surface area contributed by atoms with Crippen LogP contribution in [0.4, 0.5) is 0 Å². The van der Waals surface area contributed by atoms with E-state index in [1.165, 1.54) is 14.0 Å². The van der Waals surface area contributed by atoms with Crippen molar-refractivity contribution < 1.29 is 57.1 Å². The van der Waals surface area contributed by atoms with Gasteiger partial charge in [-0.1, -0.05) is 12.1 Å². The molecule has 1 aromatic rings. The van der Waals surface area contributed by atoms with Crippen molar-refractivity contribution in [3.8, 4) is 5.75 Å². The lowest BCUT2D eigenvalue weighted by molar-refractivity contribution is -0.288. The Bertz CT molecular complexity index is 941. The Kier molecular flexibility index (Phi) is 10.7. The zero-order valence-electron chi connectivity index (χ0n) is 20.7. The van der Waals surface area contributed by atoms with Crippen LogP contribution in [0.3, 0.4) is 0 Å². The van der Waals surface area contributed by atoms with Crippen molar-refractivity contribution >= 4 is 29.8 Å². The normalized spacial score (nSPS) is 23.1. The lowest BCUT2D eigenvalue weighted by atomic mass is 9.98. The summed E-state index contributed by atoms with van der Waals surface area (Å²) in [5, 5.41) is 0. The van der Waals surface area contributed by atoms with Crippen molar-refractivity contribution in [3.63, 3.8) is 0 Å². The topological polar surface area (TPSA) is 150 Å². The number of carbonyl (C=O) groups is 5. The highest BCUT2D eigenvalue weighted by Crippen LogP contribution is 2.31. The van der Waals surface area contributed by atoms with E-state index in [-0.39, 0.29) is 19.0 Å². The van der Waals surface area contributed by atoms with Crippen LogP contribution in [0, 0.1) is 0 Å². The smallest absolute Gasteiger partial charge is 0.305 e. The summed E-state index contributed by atoms with van der Waals surface area (Å²) in [6.45, 7) is 4.24. The summed E-state index contributed by atoms with van der Waals surface area (Å²) in [7, 11) is 1.31. The molecule has 1 aliphatic rings. The van der Waals surface area contributed by atoms with Crippen molar-refractivity contribution in [2.75, 3.05) is 13.7 Å². The molecule has 12 heteroatoms. The zero-order valence-corrected chi connectivity index (χ0v) is 20.7. The van der Waals surface area contributed by atoms with Crippen molar-refractivity contribution in [1.82, 2.24) is 0 Å². The van der Waals surface area contributed by atoms with Crippen molar-refractivity contribution in [2.45, 2.75) is 71.2 Å². The van der Waals surface area contributed by atoms with Gasteiger partial charge in [0.1, 0.15) is 18.5 Å². The van der Waals surface area contributed by atoms with E-state index in [2.05, 4.69) is 4.74 Å². The van der Waals surface area contributed by atoms with Gasteiger partial charge in [-0.2, -0.15) is 0 Å². The maximum Gasteiger partial charge on any atom is 0.305 e. The van der Waals surface area contributed by atoms with Crippen LogP contribution in [0.25, 0.3) is 0 Å². The van der Waals surface area contributed by atoms with Gasteiger partial charge in [0.05, 0.1) is 7.11 Å². The minimum absolute atomic E-state index is 0.205. The first-order valence-corrected chi connectivity index (χ1v) is 11.1. The van der Waals surface area contributed by atoms with Gasteiger partial charge in [-0.15, -0.1) is 0 Å². The Morgan fingerprint density at radius 3 is 1.86 bits per heavy atom. The zero-order chi connectivity index (χ0) is 26.8. The maximum absolute atomic E-state index is 11.9. The molecule has 1 aliphatic heterocycles. The molecule has 3 unspecified atom stereocenters. The van der Waals surface area contributed by atoms with Gasteiger partial charge in [-0.3, -0.25) is 24.0 Å². The van der Waals surface area contributed by atoms with Gasteiger partial charge in [0.2, 0.25) is 12.4 Å². The molecule has 0 radical (unpaired) electrons. The second-order valence-electron chi connectivity index (χ2n) is 7.91. The molecule has 12 nitrogen and oxygen atoms in total. The number of hydrogen-bond acceptors (Lipinski definition) is 12. The Hall–Kier alpha value is -3.67. The van der Waals surface area contributed by atoms with Gasteiger partial charge < -0.3 is 33.2 Å². The van der Waals surface area contributed by atoms with Gasteiger partial charge in [-0.05, 0) is 24.1 Å². The van der Waals surface area contributed by atoms with E-state index in [0.29, 0.717) is 12.2 Å². The summed E-state index contributed by atoms with van der Waals surface area (Å²) in [5.41, 5.74) is 0.842. The molecule has 0 N–H and O–H groups in total. The molecule has 0 amide bonds. The van der Waals surface area contributed by atoms with Crippen LogP contribution in [0.5, 0.6) is 5.75 Å². The molecule has 0 aliphatic carbocycles. The largest absolute Gasteiger partial charge is 0.469 e. The fourth-order valence-electron chi connectivity index (χ4n) is 3.50. The summed E-state index contributed by atoms with van der Waals surface area (Å²) in [6.07, 6.45) is -5.71. The third-order valence-corrected chi connectivity index (χ3v) is 4.97. The first-order valence-electron chi connectivity index (χ1n) is 11.1. The van der Waals surface area contributed by atoms with Crippen LogP contribution < -0.4 is 4.74 Å². The predicted octanol–water partition coefficient (Wildman–Crippen LogP) is 1.25. The van der Waals surface area contributed by atoms with E-state index in [0.717, 1.165) is 26.3 Å². The number of methoxy groups -OCH3 is 1. The van der Waals surface area contributed by atoms with Crippen molar-refractivity contribution in [1.29, 1.82) is 0 Å². The number of aryl methyl sites for hydroxylation is 1. The standard InChI is InChI=1S/C24H30O12/c1-13(25)31-12-19-21(32-14(2)26)22(33-15(3)27)23(34-16(4)28)24(36-19)35-18-9-6-17(7-10-18)8-11-20(29)30-5/h6-7,9-10,19,21-24H,8,11-12H2,1-5H3/t19?,21-,22?,23?,24+/m0/s1. The fraction of sp³-hybridized carbons (Fsp3) is 0.542. The van der Waals surface area contributed by atoms with E-state index >= 15 is 0 Å². The fourth-order valence-corrected chi connectivity index (χ4v) is 3.50. The summed E-state index contributed by atoms with van der Waals surface area (Å²) in [6, 6.07) is 6.68. The Labute approximate surface area is 208 Å². The molecule has 1 heterocycles. The number of carbonyl (C=O) groups excluding carboxylic acids is 5. The van der Waals surface area contributed by atoms with Gasteiger partial charge in [0, 0.05) is 34.1 Å². The van der Waals surface area contributed by atoms with Crippen LogP contribution >= 0.6 is 0 Å². The second kappa shape index (κ2) is 13.4. The number of esters is 5. The van der Waals surface area contributed by atoms with Crippen LogP contribution in [-0.2, 0) is 58.8 Å². The number of hydrogen-bond donors (Lipinski definition) is 0. The van der Waals surface area contributed by atoms with Crippen molar-refractivity contribution in [2.24, 2.45) is 0 Å². The minimum Gasteiger partial charge on any atom is -0.469 e. The monoisotopic (exact) mass is 510 g/mol. The molecule has 36 heavy (non-hydrogen) atoms. The molecule has 0 spiro atoms. The number of ether oxygens (including phenoxy) is 7. The average Bonchev–Trinajstić information content (AvgIpc) is 2.80. The highest BCUT2D eigenvalue weighted by molar-refractivity contribution is 5.69. The lowest BCUT2D eigenvalue weighted by Gasteiger charge is -2.43. The first-order chi connectivity index (χ1) is 17.0. The van der Waals surface area contributed by atoms with Gasteiger partial charge >= 0.3 is 29.8 Å². The van der Waals surface area contributed by atoms with E-state index in [4.69, 9.17) is 28.4 Å². The molecular weight excluding hydrogens is 480 g/mol. The highest BCUT2D eigenvalue weighted by atomic mass is 16.7. The predicted molar refractivity (Wildman–Crippen MR) is 119 cm³/mol. The van der Waals surface area contributed by atoms with Crippen molar-refractivity contribution in [3.05, 3.63) is 29.8 Å². The van der Waals surface area contributed by atoms with Crippen LogP contribution in [0.1, 0.15) is 39.7 Å². The second-order valence-corrected chi connectivity index (χ2v) is 7.91. The Morgan fingerprint density at radius 1 is 0.778 bits per heavy atom. The van der Waals surface area contributed by atoms with E-state index < -0.39 is 54.6 Å². The van der Waals surface area contributed by atoms with Gasteiger partial charge in [0.15, 0.2) is 12.2 Å². The molecule has 1 aromatic carbocycles. The van der Waals surface area contributed by atoms with Crippen LogP contribution in [-0.4, -0.2) is 74.3 Å². The first kappa shape index (κ1) is 28.6. The molecule has 0 bridgehead atoms. The van der Waals surface area contributed by atoms with E-state index in [9.17, 15) is 24.0 Å². The molecule has 0 saturated carbocycles. The molecule has 5 atom stereocenters. The Balaban J connectivity index is 2.34. The Morgan fingerprint density at radius 2 is 1.33 bits per heavy atom. The van der Waals surface area contributed by atoms with E-state index in [1.807, 2.05) is 0 Å². The minimum atomic E-state index is -1.33. The molecule has 1 saturated heterocycles. The number of rotatable bonds is 10. The quantitative estimate of drug-likeness (QED) is 0.329. The number of benzene rings is 1. The summed E-state index contributed by atoms with van der Waals surface area (Å²) in [5.74, 6) is -2.85. The molecule has 0 aromatic heterocycles. The summed E-state index contributed by atoms with van der Waals surface area (Å²) < 4.78 is 37.5. The highest BCUT2D eigenvalue weighted by Gasteiger charge is 2.53. The summed E-state index contributed by atoms with van der Waals surface area (Å²) in [4.78, 5) is 58.3. The molecule has 198 valence electrons. The van der Waals surface area contributed by atoms with Gasteiger partial charge in [0.25, 0.3) is 0 Å². The third-order valence-electron chi connectivity index (χ3n) is 4.97. The average molecular weight is 510 g/mol. The third kappa shape index (κ3) is 8.84. The molecule has 2 rings (SSSR count).